The van der Waals surface area contributed by atoms with Crippen molar-refractivity contribution in [1.29, 1.82) is 0 Å². The second kappa shape index (κ2) is 10.6. The molecule has 1 heterocycles. The highest BCUT2D eigenvalue weighted by Gasteiger charge is 2.25. The summed E-state index contributed by atoms with van der Waals surface area (Å²) in [5.41, 5.74) is 1.70. The molecule has 164 valence electrons. The van der Waals surface area contributed by atoms with Crippen LogP contribution in [-0.4, -0.2) is 53.2 Å². The van der Waals surface area contributed by atoms with Crippen LogP contribution in [0.5, 0.6) is 0 Å². The van der Waals surface area contributed by atoms with Gasteiger partial charge in [-0.15, -0.1) is 0 Å². The number of nitrogens with zero attached hydrogens (tertiary/aromatic N) is 2. The van der Waals surface area contributed by atoms with Crippen LogP contribution < -0.4 is 0 Å². The number of carbonyl (C=O) groups is 1. The van der Waals surface area contributed by atoms with Gasteiger partial charge in [0.15, 0.2) is 0 Å². The third-order valence-electron chi connectivity index (χ3n) is 5.08. The summed E-state index contributed by atoms with van der Waals surface area (Å²) < 4.78 is 5.29. The number of nitro benzene ring substituents is 1. The van der Waals surface area contributed by atoms with Gasteiger partial charge in [-0.2, -0.15) is 0 Å². The molecule has 0 radical (unpaired) electrons. The van der Waals surface area contributed by atoms with Crippen molar-refractivity contribution in [3.63, 3.8) is 0 Å². The number of hydrogen-bond acceptors (Lipinski definition) is 6. The van der Waals surface area contributed by atoms with Crippen molar-refractivity contribution in [3.8, 4) is 0 Å². The van der Waals surface area contributed by atoms with Crippen molar-refractivity contribution in [2.45, 2.75) is 35.6 Å². The zero-order valence-electron chi connectivity index (χ0n) is 17.6. The second-order valence-electron chi connectivity index (χ2n) is 7.56. The number of amides is 1. The van der Waals surface area contributed by atoms with E-state index in [1.54, 1.807) is 23.1 Å². The van der Waals surface area contributed by atoms with Crippen molar-refractivity contribution in [1.82, 2.24) is 4.90 Å². The number of ether oxygens (including phenoxy) is 1. The van der Waals surface area contributed by atoms with E-state index in [1.165, 1.54) is 23.9 Å². The predicted molar refractivity (Wildman–Crippen MR) is 120 cm³/mol. The number of hydrogen-bond donors (Lipinski definition) is 1. The monoisotopic (exact) mass is 442 g/mol. The summed E-state index contributed by atoms with van der Waals surface area (Å²) in [6, 6.07) is 12.5. The van der Waals surface area contributed by atoms with Gasteiger partial charge >= 0.3 is 0 Å². The summed E-state index contributed by atoms with van der Waals surface area (Å²) in [6.07, 6.45) is 2.95. The van der Waals surface area contributed by atoms with Crippen LogP contribution in [0.3, 0.4) is 0 Å². The van der Waals surface area contributed by atoms with Crippen LogP contribution in [0.2, 0.25) is 0 Å². The van der Waals surface area contributed by atoms with E-state index in [-0.39, 0.29) is 24.2 Å². The number of rotatable bonds is 7. The maximum atomic E-state index is 12.5. The van der Waals surface area contributed by atoms with E-state index in [2.05, 4.69) is 13.8 Å². The number of aliphatic hydroxyl groups excluding tert-OH is 1. The van der Waals surface area contributed by atoms with Crippen molar-refractivity contribution in [2.24, 2.45) is 0 Å². The molecule has 1 N–H and O–H groups in total. The molecule has 1 atom stereocenters. The van der Waals surface area contributed by atoms with Crippen LogP contribution in [0.25, 0.3) is 6.08 Å². The minimum atomic E-state index is -0.400. The highest BCUT2D eigenvalue weighted by Crippen LogP contribution is 2.39. The molecule has 0 aromatic heterocycles. The minimum Gasteiger partial charge on any atom is -0.394 e. The number of benzene rings is 2. The SMILES string of the molecule is CC(C)c1ccccc1Sc1ccc(C=CC(=O)N2CCOCC2CO)cc1[N+](=O)[O-]. The molecule has 2 aromatic carbocycles. The van der Waals surface area contributed by atoms with Crippen LogP contribution in [0, 0.1) is 10.1 Å². The molecule has 0 saturated carbocycles. The average molecular weight is 443 g/mol. The third-order valence-corrected chi connectivity index (χ3v) is 6.24. The Morgan fingerprint density at radius 2 is 2.10 bits per heavy atom. The summed E-state index contributed by atoms with van der Waals surface area (Å²) in [6.45, 7) is 5.13. The Labute approximate surface area is 185 Å². The Morgan fingerprint density at radius 1 is 1.32 bits per heavy atom. The predicted octanol–water partition coefficient (Wildman–Crippen LogP) is 4.10. The van der Waals surface area contributed by atoms with Crippen LogP contribution in [0.15, 0.2) is 58.3 Å². The minimum absolute atomic E-state index is 0.00207. The first-order chi connectivity index (χ1) is 14.9. The molecule has 1 amide bonds. The van der Waals surface area contributed by atoms with Gasteiger partial charge < -0.3 is 14.7 Å². The molecule has 3 rings (SSSR count). The summed E-state index contributed by atoms with van der Waals surface area (Å²) >= 11 is 1.37. The summed E-state index contributed by atoms with van der Waals surface area (Å²) in [7, 11) is 0. The van der Waals surface area contributed by atoms with Crippen LogP contribution in [-0.2, 0) is 9.53 Å². The number of carbonyl (C=O) groups excluding carboxylic acids is 1. The average Bonchev–Trinajstić information content (AvgIpc) is 2.78. The van der Waals surface area contributed by atoms with Gasteiger partial charge in [-0.3, -0.25) is 14.9 Å². The molecule has 8 heteroatoms. The highest BCUT2D eigenvalue weighted by atomic mass is 32.2. The summed E-state index contributed by atoms with van der Waals surface area (Å²) in [5.74, 6) is 0.0493. The molecule has 1 aliphatic heterocycles. The molecule has 2 aromatic rings. The molecule has 0 bridgehead atoms. The fourth-order valence-corrected chi connectivity index (χ4v) is 4.57. The lowest BCUT2D eigenvalue weighted by molar-refractivity contribution is -0.387. The maximum absolute atomic E-state index is 12.5. The first-order valence-electron chi connectivity index (χ1n) is 10.1. The first-order valence-corrected chi connectivity index (χ1v) is 10.9. The molecule has 0 aliphatic carbocycles. The second-order valence-corrected chi connectivity index (χ2v) is 8.64. The molecule has 1 aliphatic rings. The highest BCUT2D eigenvalue weighted by molar-refractivity contribution is 7.99. The number of nitro groups is 1. The third kappa shape index (κ3) is 5.72. The Hall–Kier alpha value is -2.68. The van der Waals surface area contributed by atoms with Crippen molar-refractivity contribution >= 4 is 29.4 Å². The van der Waals surface area contributed by atoms with Gasteiger partial charge in [-0.1, -0.05) is 49.9 Å². The van der Waals surface area contributed by atoms with Crippen LogP contribution >= 0.6 is 11.8 Å². The maximum Gasteiger partial charge on any atom is 0.283 e. The molecule has 31 heavy (non-hydrogen) atoms. The van der Waals surface area contributed by atoms with Gasteiger partial charge in [-0.25, -0.2) is 0 Å². The van der Waals surface area contributed by atoms with Crippen molar-refractivity contribution in [3.05, 3.63) is 69.8 Å². The molecule has 1 unspecified atom stereocenters. The zero-order valence-corrected chi connectivity index (χ0v) is 18.4. The largest absolute Gasteiger partial charge is 0.394 e. The fourth-order valence-electron chi connectivity index (χ4n) is 3.40. The lowest BCUT2D eigenvalue weighted by Crippen LogP contribution is -2.49. The van der Waals surface area contributed by atoms with Crippen molar-refractivity contribution in [2.75, 3.05) is 26.4 Å². The van der Waals surface area contributed by atoms with Crippen LogP contribution in [0.4, 0.5) is 5.69 Å². The summed E-state index contributed by atoms with van der Waals surface area (Å²) in [5, 5.41) is 21.1. The van der Waals surface area contributed by atoms with Gasteiger partial charge in [-0.05, 0) is 35.3 Å². The van der Waals surface area contributed by atoms with Crippen molar-refractivity contribution < 1.29 is 19.6 Å². The van der Waals surface area contributed by atoms with E-state index in [4.69, 9.17) is 4.74 Å². The molecular weight excluding hydrogens is 416 g/mol. The van der Waals surface area contributed by atoms with Gasteiger partial charge in [0.2, 0.25) is 5.91 Å². The Morgan fingerprint density at radius 3 is 2.81 bits per heavy atom. The lowest BCUT2D eigenvalue weighted by Gasteiger charge is -2.33. The van der Waals surface area contributed by atoms with Gasteiger partial charge in [0.1, 0.15) is 0 Å². The van der Waals surface area contributed by atoms with Gasteiger partial charge in [0.05, 0.1) is 35.7 Å². The molecule has 0 spiro atoms. The molecule has 7 nitrogen and oxygen atoms in total. The Balaban J connectivity index is 1.81. The molecular formula is C23H26N2O5S. The molecule has 1 fully saturated rings. The van der Waals surface area contributed by atoms with Gasteiger partial charge in [0, 0.05) is 23.6 Å². The van der Waals surface area contributed by atoms with E-state index in [9.17, 15) is 20.0 Å². The Kier molecular flexibility index (Phi) is 7.84. The topological polar surface area (TPSA) is 92.9 Å². The van der Waals surface area contributed by atoms with E-state index in [1.807, 2.05) is 24.3 Å². The smallest absolute Gasteiger partial charge is 0.283 e. The normalized spacial score (nSPS) is 16.8. The molecule has 1 saturated heterocycles. The van der Waals surface area contributed by atoms with Crippen LogP contribution in [0.1, 0.15) is 30.9 Å². The lowest BCUT2D eigenvalue weighted by atomic mass is 10.0. The standard InChI is InChI=1S/C23H26N2O5S/c1-16(2)19-5-3-4-6-21(19)31-22-9-7-17(13-20(22)25(28)29)8-10-23(27)24-11-12-30-15-18(24)14-26/h3-10,13,16,18,26H,11-12,14-15H2,1-2H3. The van der Waals surface area contributed by atoms with E-state index in [0.29, 0.717) is 36.1 Å². The first kappa shape index (κ1) is 23.0. The zero-order chi connectivity index (χ0) is 22.4. The van der Waals surface area contributed by atoms with Gasteiger partial charge in [0.25, 0.3) is 5.69 Å². The number of morpholine rings is 1. The quantitative estimate of drug-likeness (QED) is 0.394. The van der Waals surface area contributed by atoms with E-state index >= 15 is 0 Å². The Bertz CT molecular complexity index is 976. The van der Waals surface area contributed by atoms with E-state index in [0.717, 1.165) is 10.5 Å². The number of aliphatic hydroxyl groups is 1. The van der Waals surface area contributed by atoms with E-state index < -0.39 is 4.92 Å². The summed E-state index contributed by atoms with van der Waals surface area (Å²) in [4.78, 5) is 26.9. The fraction of sp³-hybridized carbons (Fsp3) is 0.348.